The summed E-state index contributed by atoms with van der Waals surface area (Å²) in [6, 6.07) is 13.6. The molecule has 3 nitrogen and oxygen atoms in total. The van der Waals surface area contributed by atoms with E-state index >= 15 is 0 Å². The smallest absolute Gasteiger partial charge is 0.306 e. The van der Waals surface area contributed by atoms with E-state index in [1.807, 2.05) is 42.5 Å². The van der Waals surface area contributed by atoms with E-state index in [2.05, 4.69) is 0 Å². The van der Waals surface area contributed by atoms with Gasteiger partial charge in [0.15, 0.2) is 5.78 Å². The number of carbonyl (C=O) groups is 2. The molecule has 3 heteroatoms. The second-order valence-electron chi connectivity index (χ2n) is 5.12. The molecule has 104 valence electrons. The summed E-state index contributed by atoms with van der Waals surface area (Å²) in [6.45, 7) is 1.67. The molecule has 2 aromatic carbocycles. The molecule has 0 unspecified atom stereocenters. The van der Waals surface area contributed by atoms with Crippen LogP contribution in [0.4, 0.5) is 0 Å². The quantitative estimate of drug-likeness (QED) is 0.809. The van der Waals surface area contributed by atoms with Gasteiger partial charge < -0.3 is 5.11 Å². The lowest BCUT2D eigenvalue weighted by molar-refractivity contribution is -0.141. The maximum absolute atomic E-state index is 12.1. The van der Waals surface area contributed by atoms with Crippen molar-refractivity contribution in [1.29, 1.82) is 0 Å². The fourth-order valence-corrected chi connectivity index (χ4v) is 2.20. The number of carbonyl (C=O) groups excluding carboxylic acids is 1. The second kappa shape index (κ2) is 6.33. The first-order valence-corrected chi connectivity index (χ1v) is 6.83. The number of carboxylic acids is 1. The van der Waals surface area contributed by atoms with E-state index in [0.717, 1.165) is 10.8 Å². The normalized spacial score (nSPS) is 12.2. The largest absolute Gasteiger partial charge is 0.481 e. The van der Waals surface area contributed by atoms with Gasteiger partial charge in [0.1, 0.15) is 0 Å². The summed E-state index contributed by atoms with van der Waals surface area (Å²) in [4.78, 5) is 22.8. The van der Waals surface area contributed by atoms with Crippen LogP contribution in [-0.2, 0) is 4.79 Å². The first-order chi connectivity index (χ1) is 9.58. The van der Waals surface area contributed by atoms with Gasteiger partial charge in [-0.1, -0.05) is 43.3 Å². The summed E-state index contributed by atoms with van der Waals surface area (Å²) in [7, 11) is 0. The van der Waals surface area contributed by atoms with Gasteiger partial charge in [0, 0.05) is 12.0 Å². The van der Waals surface area contributed by atoms with Crippen LogP contribution in [0.5, 0.6) is 0 Å². The van der Waals surface area contributed by atoms with Crippen molar-refractivity contribution in [2.24, 2.45) is 5.92 Å². The molecule has 0 aliphatic heterocycles. The Labute approximate surface area is 118 Å². The molecule has 0 aliphatic carbocycles. The zero-order valence-corrected chi connectivity index (χ0v) is 11.5. The van der Waals surface area contributed by atoms with Crippen LogP contribution in [0.2, 0.25) is 0 Å². The monoisotopic (exact) mass is 270 g/mol. The van der Waals surface area contributed by atoms with E-state index in [1.165, 1.54) is 0 Å². The maximum atomic E-state index is 12.1. The van der Waals surface area contributed by atoms with E-state index in [-0.39, 0.29) is 11.7 Å². The topological polar surface area (TPSA) is 54.4 Å². The fourth-order valence-electron chi connectivity index (χ4n) is 2.20. The van der Waals surface area contributed by atoms with E-state index in [9.17, 15) is 9.59 Å². The van der Waals surface area contributed by atoms with Crippen LogP contribution in [0.1, 0.15) is 36.5 Å². The molecule has 0 spiro atoms. The average molecular weight is 270 g/mol. The van der Waals surface area contributed by atoms with Crippen LogP contribution in [-0.4, -0.2) is 16.9 Å². The summed E-state index contributed by atoms with van der Waals surface area (Å²) >= 11 is 0. The Morgan fingerprint density at radius 3 is 2.50 bits per heavy atom. The third-order valence-corrected chi connectivity index (χ3v) is 3.53. The number of carboxylic acid groups (broad SMARTS) is 1. The highest BCUT2D eigenvalue weighted by atomic mass is 16.4. The van der Waals surface area contributed by atoms with Crippen molar-refractivity contribution in [2.75, 3.05) is 0 Å². The Balaban J connectivity index is 1.99. The van der Waals surface area contributed by atoms with E-state index in [1.54, 1.807) is 6.92 Å². The van der Waals surface area contributed by atoms with Gasteiger partial charge in [-0.15, -0.1) is 0 Å². The Hall–Kier alpha value is -2.16. The number of hydrogen-bond acceptors (Lipinski definition) is 2. The van der Waals surface area contributed by atoms with Gasteiger partial charge in [-0.25, -0.2) is 0 Å². The Bertz CT molecular complexity index is 631. The highest BCUT2D eigenvalue weighted by Crippen LogP contribution is 2.18. The minimum atomic E-state index is -0.803. The molecule has 2 aromatic rings. The van der Waals surface area contributed by atoms with Gasteiger partial charge >= 0.3 is 5.97 Å². The Morgan fingerprint density at radius 2 is 1.80 bits per heavy atom. The Kier molecular flexibility index (Phi) is 4.51. The number of ketones is 1. The Morgan fingerprint density at radius 1 is 1.10 bits per heavy atom. The third-order valence-electron chi connectivity index (χ3n) is 3.53. The predicted molar refractivity (Wildman–Crippen MR) is 78.9 cm³/mol. The lowest BCUT2D eigenvalue weighted by Gasteiger charge is -2.06. The summed E-state index contributed by atoms with van der Waals surface area (Å²) < 4.78 is 0. The van der Waals surface area contributed by atoms with Gasteiger partial charge in [0.05, 0.1) is 5.92 Å². The second-order valence-corrected chi connectivity index (χ2v) is 5.12. The molecule has 0 bridgehead atoms. The molecule has 0 aromatic heterocycles. The van der Waals surface area contributed by atoms with Crippen molar-refractivity contribution in [3.05, 3.63) is 48.0 Å². The number of benzene rings is 2. The molecule has 1 atom stereocenters. The summed E-state index contributed by atoms with van der Waals surface area (Å²) in [6.07, 6.45) is 1.55. The molecule has 0 radical (unpaired) electrons. The van der Waals surface area contributed by atoms with Crippen molar-refractivity contribution < 1.29 is 14.7 Å². The maximum Gasteiger partial charge on any atom is 0.306 e. The molecular weight excluding hydrogens is 252 g/mol. The van der Waals surface area contributed by atoms with E-state index in [0.29, 0.717) is 24.8 Å². The average Bonchev–Trinajstić information content (AvgIpc) is 2.46. The van der Waals surface area contributed by atoms with E-state index in [4.69, 9.17) is 5.11 Å². The van der Waals surface area contributed by atoms with Gasteiger partial charge in [0.25, 0.3) is 0 Å². The molecule has 0 fully saturated rings. The van der Waals surface area contributed by atoms with Crippen LogP contribution in [0.3, 0.4) is 0 Å². The van der Waals surface area contributed by atoms with Crippen LogP contribution in [0.25, 0.3) is 10.8 Å². The SMILES string of the molecule is C[C@@H](CCCC(=O)c1ccc2ccccc2c1)C(=O)O. The zero-order valence-electron chi connectivity index (χ0n) is 11.5. The lowest BCUT2D eigenvalue weighted by atomic mass is 9.98. The summed E-state index contributed by atoms with van der Waals surface area (Å²) in [5, 5.41) is 11.0. The highest BCUT2D eigenvalue weighted by molar-refractivity contribution is 5.99. The molecule has 0 saturated carbocycles. The van der Waals surface area contributed by atoms with Gasteiger partial charge in [-0.2, -0.15) is 0 Å². The molecule has 0 aliphatic rings. The standard InChI is InChI=1S/C17H18O3/c1-12(17(19)20)5-4-8-16(18)15-10-9-13-6-2-3-7-14(13)11-15/h2-3,6-7,9-12H,4-5,8H2,1H3,(H,19,20)/t12-/m0/s1. The van der Waals surface area contributed by atoms with Crippen LogP contribution >= 0.6 is 0 Å². The van der Waals surface area contributed by atoms with E-state index < -0.39 is 5.97 Å². The molecule has 0 heterocycles. The summed E-state index contributed by atoms with van der Waals surface area (Å²) in [5.74, 6) is -1.11. The van der Waals surface area contributed by atoms with Gasteiger partial charge in [-0.3, -0.25) is 9.59 Å². The molecule has 2 rings (SSSR count). The van der Waals surface area contributed by atoms with Gasteiger partial charge in [-0.05, 0) is 29.7 Å². The van der Waals surface area contributed by atoms with Crippen LogP contribution in [0, 0.1) is 5.92 Å². The van der Waals surface area contributed by atoms with Crippen molar-refractivity contribution in [3.8, 4) is 0 Å². The number of hydrogen-bond donors (Lipinski definition) is 1. The van der Waals surface area contributed by atoms with Crippen LogP contribution in [0.15, 0.2) is 42.5 Å². The lowest BCUT2D eigenvalue weighted by Crippen LogP contribution is -2.10. The number of aliphatic carboxylic acids is 1. The van der Waals surface area contributed by atoms with Gasteiger partial charge in [0.2, 0.25) is 0 Å². The number of rotatable bonds is 6. The van der Waals surface area contributed by atoms with Crippen molar-refractivity contribution in [2.45, 2.75) is 26.2 Å². The van der Waals surface area contributed by atoms with Crippen molar-refractivity contribution >= 4 is 22.5 Å². The molecule has 0 saturated heterocycles. The predicted octanol–water partition coefficient (Wildman–Crippen LogP) is 3.91. The minimum absolute atomic E-state index is 0.0772. The minimum Gasteiger partial charge on any atom is -0.481 e. The number of fused-ring (bicyclic) bond motifs is 1. The molecule has 1 N–H and O–H groups in total. The third kappa shape index (κ3) is 3.44. The van der Waals surface area contributed by atoms with Crippen molar-refractivity contribution in [3.63, 3.8) is 0 Å². The first kappa shape index (κ1) is 14.3. The molecule has 0 amide bonds. The summed E-state index contributed by atoms with van der Waals surface area (Å²) in [5.41, 5.74) is 0.701. The molecular formula is C17H18O3. The fraction of sp³-hybridized carbons (Fsp3) is 0.294. The zero-order chi connectivity index (χ0) is 14.5. The van der Waals surface area contributed by atoms with Crippen LogP contribution < -0.4 is 0 Å². The van der Waals surface area contributed by atoms with Crippen molar-refractivity contribution in [1.82, 2.24) is 0 Å². The first-order valence-electron chi connectivity index (χ1n) is 6.83. The molecule has 20 heavy (non-hydrogen) atoms. The number of Topliss-reactive ketones (excluding diaryl/α,β-unsaturated/α-hetero) is 1. The highest BCUT2D eigenvalue weighted by Gasteiger charge is 2.12.